The van der Waals surface area contributed by atoms with Gasteiger partial charge in [-0.3, -0.25) is 9.69 Å². The second-order valence-electron chi connectivity index (χ2n) is 6.53. The summed E-state index contributed by atoms with van der Waals surface area (Å²) in [6.07, 6.45) is 1.99. The molecule has 2 nitrogen and oxygen atoms in total. The van der Waals surface area contributed by atoms with Gasteiger partial charge in [0.15, 0.2) is 0 Å². The van der Waals surface area contributed by atoms with Gasteiger partial charge in [-0.2, -0.15) is 0 Å². The fourth-order valence-electron chi connectivity index (χ4n) is 3.79. The Morgan fingerprint density at radius 2 is 1.79 bits per heavy atom. The zero-order valence-corrected chi connectivity index (χ0v) is 11.9. The Bertz CT molecular complexity index is 457. The topological polar surface area (TPSA) is 20.3 Å². The monoisotopic (exact) mass is 257 g/mol. The highest BCUT2D eigenvalue weighted by Gasteiger charge is 2.34. The molecule has 0 spiro atoms. The van der Waals surface area contributed by atoms with Crippen LogP contribution in [0.4, 0.5) is 0 Å². The van der Waals surface area contributed by atoms with Crippen LogP contribution in [0.25, 0.3) is 0 Å². The van der Waals surface area contributed by atoms with Crippen molar-refractivity contribution < 1.29 is 4.79 Å². The first-order valence-corrected chi connectivity index (χ1v) is 7.45. The molecule has 0 bridgehead atoms. The van der Waals surface area contributed by atoms with Crippen molar-refractivity contribution in [3.8, 4) is 0 Å². The second-order valence-corrected chi connectivity index (χ2v) is 6.53. The van der Waals surface area contributed by atoms with Crippen LogP contribution >= 0.6 is 0 Å². The van der Waals surface area contributed by atoms with Crippen molar-refractivity contribution in [2.24, 2.45) is 17.8 Å². The molecule has 0 aromatic heterocycles. The van der Waals surface area contributed by atoms with Gasteiger partial charge >= 0.3 is 0 Å². The zero-order chi connectivity index (χ0) is 13.4. The van der Waals surface area contributed by atoms with E-state index < -0.39 is 0 Å². The van der Waals surface area contributed by atoms with E-state index in [1.165, 1.54) is 17.5 Å². The number of carbonyl (C=O) groups excluding carboxylic acids is 1. The third kappa shape index (κ3) is 2.59. The lowest BCUT2D eigenvalue weighted by molar-refractivity contribution is -0.128. The average molecular weight is 257 g/mol. The third-order valence-electron chi connectivity index (χ3n) is 4.79. The number of Topliss-reactive ketones (excluding diaryl/α,β-unsaturated/α-hetero) is 1. The molecule has 1 aromatic rings. The summed E-state index contributed by atoms with van der Waals surface area (Å²) in [5, 5.41) is 0. The second kappa shape index (κ2) is 5.09. The molecule has 0 N–H and O–H groups in total. The van der Waals surface area contributed by atoms with Gasteiger partial charge in [0.25, 0.3) is 0 Å². The lowest BCUT2D eigenvalue weighted by atomic mass is 9.74. The average Bonchev–Trinajstić information content (AvgIpc) is 2.76. The van der Waals surface area contributed by atoms with E-state index in [9.17, 15) is 4.79 Å². The largest absolute Gasteiger partial charge is 0.299 e. The van der Waals surface area contributed by atoms with Gasteiger partial charge in [-0.1, -0.05) is 38.1 Å². The highest BCUT2D eigenvalue weighted by atomic mass is 16.1. The van der Waals surface area contributed by atoms with E-state index in [1.807, 2.05) is 0 Å². The Labute approximate surface area is 115 Å². The molecule has 102 valence electrons. The molecule has 1 aliphatic heterocycles. The molecule has 0 amide bonds. The van der Waals surface area contributed by atoms with Crippen LogP contribution < -0.4 is 0 Å². The Hall–Kier alpha value is -1.15. The predicted octanol–water partition coefficient (Wildman–Crippen LogP) is 3.25. The van der Waals surface area contributed by atoms with E-state index in [0.717, 1.165) is 26.1 Å². The molecule has 1 saturated carbocycles. The summed E-state index contributed by atoms with van der Waals surface area (Å²) >= 11 is 0. The molecular formula is C17H23NO. The van der Waals surface area contributed by atoms with Crippen LogP contribution in [-0.4, -0.2) is 17.2 Å². The Kier molecular flexibility index (Phi) is 3.44. The Balaban J connectivity index is 1.66. The van der Waals surface area contributed by atoms with Crippen molar-refractivity contribution in [2.45, 2.75) is 39.8 Å². The van der Waals surface area contributed by atoms with Crippen molar-refractivity contribution in [2.75, 3.05) is 6.54 Å². The Morgan fingerprint density at radius 1 is 1.16 bits per heavy atom. The summed E-state index contributed by atoms with van der Waals surface area (Å²) in [7, 11) is 0. The molecule has 1 aromatic carbocycles. The van der Waals surface area contributed by atoms with Gasteiger partial charge in [0, 0.05) is 32.0 Å². The molecule has 0 radical (unpaired) electrons. The minimum absolute atomic E-state index is 0.255. The molecule has 2 aliphatic rings. The number of ketones is 1. The number of hydrogen-bond donors (Lipinski definition) is 0. The van der Waals surface area contributed by atoms with Gasteiger partial charge in [-0.25, -0.2) is 0 Å². The lowest BCUT2D eigenvalue weighted by Gasteiger charge is -2.33. The molecular weight excluding hydrogens is 234 g/mol. The smallest absolute Gasteiger partial charge is 0.137 e. The van der Waals surface area contributed by atoms with Gasteiger partial charge in [0.2, 0.25) is 0 Å². The standard InChI is InChI=1S/C17H23NO/c1-12-7-13(2)16(17(19)8-12)11-18-9-14-5-3-4-6-15(14)10-18/h3-6,12-13,16H,7-11H2,1-2H3. The maximum atomic E-state index is 12.2. The van der Waals surface area contributed by atoms with Crippen molar-refractivity contribution in [3.05, 3.63) is 35.4 Å². The number of benzene rings is 1. The van der Waals surface area contributed by atoms with Crippen LogP contribution in [-0.2, 0) is 17.9 Å². The summed E-state index contributed by atoms with van der Waals surface area (Å²) in [6, 6.07) is 8.64. The number of carbonyl (C=O) groups is 1. The summed E-state index contributed by atoms with van der Waals surface area (Å²) < 4.78 is 0. The number of hydrogen-bond acceptors (Lipinski definition) is 2. The molecule has 1 heterocycles. The van der Waals surface area contributed by atoms with E-state index in [1.54, 1.807) is 0 Å². The van der Waals surface area contributed by atoms with E-state index in [-0.39, 0.29) is 5.92 Å². The van der Waals surface area contributed by atoms with Crippen molar-refractivity contribution >= 4 is 5.78 Å². The van der Waals surface area contributed by atoms with Crippen LogP contribution in [0.3, 0.4) is 0 Å². The van der Waals surface area contributed by atoms with Gasteiger partial charge in [-0.15, -0.1) is 0 Å². The maximum Gasteiger partial charge on any atom is 0.137 e. The van der Waals surface area contributed by atoms with Gasteiger partial charge in [0.1, 0.15) is 5.78 Å². The first kappa shape index (κ1) is 12.9. The minimum Gasteiger partial charge on any atom is -0.299 e. The summed E-state index contributed by atoms with van der Waals surface area (Å²) in [5.74, 6) is 1.86. The van der Waals surface area contributed by atoms with Gasteiger partial charge < -0.3 is 0 Å². The molecule has 2 heteroatoms. The summed E-state index contributed by atoms with van der Waals surface area (Å²) in [5.41, 5.74) is 2.87. The molecule has 1 fully saturated rings. The molecule has 19 heavy (non-hydrogen) atoms. The molecule has 3 atom stereocenters. The fourth-order valence-corrected chi connectivity index (χ4v) is 3.79. The highest BCUT2D eigenvalue weighted by molar-refractivity contribution is 5.82. The van der Waals surface area contributed by atoms with Gasteiger partial charge in [-0.05, 0) is 29.4 Å². The van der Waals surface area contributed by atoms with Crippen LogP contribution in [0.5, 0.6) is 0 Å². The predicted molar refractivity (Wildman–Crippen MR) is 76.6 cm³/mol. The van der Waals surface area contributed by atoms with Crippen molar-refractivity contribution in [3.63, 3.8) is 0 Å². The summed E-state index contributed by atoms with van der Waals surface area (Å²) in [4.78, 5) is 14.7. The molecule has 3 rings (SSSR count). The first-order chi connectivity index (χ1) is 9.13. The SMILES string of the molecule is CC1CC(=O)C(CN2Cc3ccccc3C2)C(C)C1. The molecule has 1 aliphatic carbocycles. The highest BCUT2D eigenvalue weighted by Crippen LogP contribution is 2.33. The third-order valence-corrected chi connectivity index (χ3v) is 4.79. The van der Waals surface area contributed by atoms with Crippen LogP contribution in [0, 0.1) is 17.8 Å². The van der Waals surface area contributed by atoms with Crippen molar-refractivity contribution in [1.29, 1.82) is 0 Å². The van der Waals surface area contributed by atoms with E-state index >= 15 is 0 Å². The molecule has 3 unspecified atom stereocenters. The minimum atomic E-state index is 0.255. The lowest BCUT2D eigenvalue weighted by Crippen LogP contribution is -2.38. The van der Waals surface area contributed by atoms with Crippen LogP contribution in [0.15, 0.2) is 24.3 Å². The van der Waals surface area contributed by atoms with E-state index in [0.29, 0.717) is 17.6 Å². The quantitative estimate of drug-likeness (QED) is 0.810. The zero-order valence-electron chi connectivity index (χ0n) is 11.9. The number of nitrogens with zero attached hydrogens (tertiary/aromatic N) is 1. The van der Waals surface area contributed by atoms with Crippen LogP contribution in [0.2, 0.25) is 0 Å². The Morgan fingerprint density at radius 3 is 2.37 bits per heavy atom. The first-order valence-electron chi connectivity index (χ1n) is 7.45. The van der Waals surface area contributed by atoms with Crippen molar-refractivity contribution in [1.82, 2.24) is 4.90 Å². The van der Waals surface area contributed by atoms with Gasteiger partial charge in [0.05, 0.1) is 0 Å². The van der Waals surface area contributed by atoms with E-state index in [4.69, 9.17) is 0 Å². The molecule has 0 saturated heterocycles. The maximum absolute atomic E-state index is 12.2. The van der Waals surface area contributed by atoms with E-state index in [2.05, 4.69) is 43.0 Å². The summed E-state index contributed by atoms with van der Waals surface area (Å²) in [6.45, 7) is 7.43. The number of fused-ring (bicyclic) bond motifs is 1. The normalized spacial score (nSPS) is 31.5. The number of rotatable bonds is 2. The fraction of sp³-hybridized carbons (Fsp3) is 0.588. The van der Waals surface area contributed by atoms with Crippen LogP contribution in [0.1, 0.15) is 37.8 Å².